The van der Waals surface area contributed by atoms with Gasteiger partial charge < -0.3 is 25.2 Å². The Balaban J connectivity index is 1.82. The summed E-state index contributed by atoms with van der Waals surface area (Å²) in [5.41, 5.74) is 3.63. The Morgan fingerprint density at radius 3 is 2.71 bits per heavy atom. The van der Waals surface area contributed by atoms with E-state index in [1.54, 1.807) is 6.07 Å². The van der Waals surface area contributed by atoms with Gasteiger partial charge in [-0.25, -0.2) is 4.79 Å². The van der Waals surface area contributed by atoms with Crippen molar-refractivity contribution in [3.63, 3.8) is 0 Å². The summed E-state index contributed by atoms with van der Waals surface area (Å²) < 4.78 is 12.0. The van der Waals surface area contributed by atoms with Crippen molar-refractivity contribution in [1.29, 1.82) is 0 Å². The van der Waals surface area contributed by atoms with E-state index in [9.17, 15) is 14.7 Å². The van der Waals surface area contributed by atoms with Gasteiger partial charge in [-0.2, -0.15) is 0 Å². The fourth-order valence-corrected chi connectivity index (χ4v) is 4.36. The molecular weight excluding hydrogens is 432 g/mol. The molecule has 2 atom stereocenters. The quantitative estimate of drug-likeness (QED) is 0.467. The highest BCUT2D eigenvalue weighted by Gasteiger charge is 2.43. The van der Waals surface area contributed by atoms with Crippen molar-refractivity contribution in [2.24, 2.45) is 0 Å². The average molecular weight is 471 g/mol. The SMILES string of the molecule is CC(C)=CCC/C(C)=C/CC[C@@]1(C)Oc2c(c(OC(=O)NC(C)C)cc3c2CNC3=O)C[C@@H]1O. The lowest BCUT2D eigenvalue weighted by Gasteiger charge is -2.41. The van der Waals surface area contributed by atoms with E-state index in [4.69, 9.17) is 9.47 Å². The lowest BCUT2D eigenvalue weighted by molar-refractivity contribution is -0.0597. The molecule has 34 heavy (non-hydrogen) atoms. The minimum absolute atomic E-state index is 0.0929. The third-order valence-electron chi connectivity index (χ3n) is 6.39. The predicted molar refractivity (Wildman–Crippen MR) is 132 cm³/mol. The zero-order chi connectivity index (χ0) is 25.0. The number of carbonyl (C=O) groups is 2. The van der Waals surface area contributed by atoms with E-state index in [-0.39, 0.29) is 24.1 Å². The van der Waals surface area contributed by atoms with Crippen molar-refractivity contribution in [2.45, 2.75) is 97.9 Å². The molecular formula is C27H38N2O5. The first-order valence-corrected chi connectivity index (χ1v) is 12.1. The molecule has 0 aliphatic carbocycles. The number of hydrogen-bond donors (Lipinski definition) is 3. The second kappa shape index (κ2) is 10.6. The van der Waals surface area contributed by atoms with Gasteiger partial charge >= 0.3 is 6.09 Å². The minimum Gasteiger partial charge on any atom is -0.484 e. The van der Waals surface area contributed by atoms with Crippen LogP contribution in [0.25, 0.3) is 0 Å². The fourth-order valence-electron chi connectivity index (χ4n) is 4.36. The highest BCUT2D eigenvalue weighted by Crippen LogP contribution is 2.45. The van der Waals surface area contributed by atoms with Crippen LogP contribution in [0.1, 0.15) is 88.7 Å². The first-order valence-electron chi connectivity index (χ1n) is 12.1. The Morgan fingerprint density at radius 1 is 1.29 bits per heavy atom. The van der Waals surface area contributed by atoms with Crippen LogP contribution in [0.15, 0.2) is 29.4 Å². The third kappa shape index (κ3) is 6.00. The summed E-state index contributed by atoms with van der Waals surface area (Å²) in [5, 5.41) is 16.6. The van der Waals surface area contributed by atoms with Crippen molar-refractivity contribution < 1.29 is 24.2 Å². The highest BCUT2D eigenvalue weighted by molar-refractivity contribution is 6.00. The van der Waals surface area contributed by atoms with Crippen molar-refractivity contribution in [3.8, 4) is 11.5 Å². The Hall–Kier alpha value is -2.80. The number of benzene rings is 1. The van der Waals surface area contributed by atoms with E-state index >= 15 is 0 Å². The zero-order valence-electron chi connectivity index (χ0n) is 21.2. The molecule has 7 nitrogen and oxygen atoms in total. The van der Waals surface area contributed by atoms with Crippen molar-refractivity contribution in [2.75, 3.05) is 0 Å². The van der Waals surface area contributed by atoms with Gasteiger partial charge in [-0.05, 0) is 73.3 Å². The molecule has 0 unspecified atom stereocenters. The number of rotatable bonds is 8. The summed E-state index contributed by atoms with van der Waals surface area (Å²) in [6, 6.07) is 1.48. The smallest absolute Gasteiger partial charge is 0.412 e. The Labute approximate surface area is 202 Å². The number of fused-ring (bicyclic) bond motifs is 3. The summed E-state index contributed by atoms with van der Waals surface area (Å²) in [6.45, 7) is 12.3. The van der Waals surface area contributed by atoms with Gasteiger partial charge in [0.15, 0.2) is 0 Å². The van der Waals surface area contributed by atoms with Crippen LogP contribution in [0.5, 0.6) is 11.5 Å². The number of carbonyl (C=O) groups excluding carboxylic acids is 2. The molecule has 2 aliphatic rings. The van der Waals surface area contributed by atoms with Gasteiger partial charge in [0.05, 0.1) is 11.7 Å². The van der Waals surface area contributed by atoms with E-state index in [1.807, 2.05) is 20.8 Å². The average Bonchev–Trinajstić information content (AvgIpc) is 3.09. The maximum Gasteiger partial charge on any atom is 0.412 e. The van der Waals surface area contributed by atoms with Crippen LogP contribution in [-0.4, -0.2) is 34.9 Å². The van der Waals surface area contributed by atoms with Crippen LogP contribution in [-0.2, 0) is 13.0 Å². The Kier molecular flexibility index (Phi) is 8.08. The lowest BCUT2D eigenvalue weighted by Crippen LogP contribution is -2.49. The number of aliphatic hydroxyl groups excluding tert-OH is 1. The molecule has 0 saturated heterocycles. The van der Waals surface area contributed by atoms with Crippen molar-refractivity contribution in [3.05, 3.63) is 46.1 Å². The molecule has 2 aliphatic heterocycles. The summed E-state index contributed by atoms with van der Waals surface area (Å²) in [6.07, 6.45) is 6.77. The number of aliphatic hydroxyl groups is 1. The lowest BCUT2D eigenvalue weighted by atomic mass is 9.84. The molecule has 0 saturated carbocycles. The van der Waals surface area contributed by atoms with Gasteiger partial charge in [0.25, 0.3) is 5.91 Å². The van der Waals surface area contributed by atoms with Crippen molar-refractivity contribution >= 4 is 12.0 Å². The van der Waals surface area contributed by atoms with Crippen LogP contribution in [0.3, 0.4) is 0 Å². The topological polar surface area (TPSA) is 96.9 Å². The van der Waals surface area contributed by atoms with Crippen LogP contribution in [0.2, 0.25) is 0 Å². The molecule has 1 aromatic rings. The van der Waals surface area contributed by atoms with Gasteiger partial charge in [0.2, 0.25) is 0 Å². The maximum absolute atomic E-state index is 12.4. The second-order valence-electron chi connectivity index (χ2n) is 10.1. The van der Waals surface area contributed by atoms with Gasteiger partial charge in [0, 0.05) is 30.1 Å². The molecule has 0 aromatic heterocycles. The highest BCUT2D eigenvalue weighted by atomic mass is 16.6. The van der Waals surface area contributed by atoms with E-state index in [1.165, 1.54) is 11.1 Å². The molecule has 1 aromatic carbocycles. The first kappa shape index (κ1) is 25.8. The van der Waals surface area contributed by atoms with Gasteiger partial charge in [0.1, 0.15) is 17.1 Å². The third-order valence-corrected chi connectivity index (χ3v) is 6.39. The summed E-state index contributed by atoms with van der Waals surface area (Å²) in [4.78, 5) is 24.7. The molecule has 0 fully saturated rings. The van der Waals surface area contributed by atoms with Crippen LogP contribution >= 0.6 is 0 Å². The monoisotopic (exact) mass is 470 g/mol. The number of hydrogen-bond acceptors (Lipinski definition) is 5. The van der Waals surface area contributed by atoms with E-state index in [0.29, 0.717) is 29.8 Å². The van der Waals surface area contributed by atoms with Crippen LogP contribution in [0, 0.1) is 0 Å². The van der Waals surface area contributed by atoms with E-state index in [0.717, 1.165) is 24.8 Å². The summed E-state index contributed by atoms with van der Waals surface area (Å²) in [7, 11) is 0. The second-order valence-corrected chi connectivity index (χ2v) is 10.1. The number of ether oxygens (including phenoxy) is 2. The molecule has 2 heterocycles. The first-order chi connectivity index (χ1) is 16.0. The number of allylic oxidation sites excluding steroid dienone is 4. The largest absolute Gasteiger partial charge is 0.484 e. The summed E-state index contributed by atoms with van der Waals surface area (Å²) >= 11 is 0. The van der Waals surface area contributed by atoms with Crippen LogP contribution in [0.4, 0.5) is 4.79 Å². The van der Waals surface area contributed by atoms with Gasteiger partial charge in [-0.3, -0.25) is 4.79 Å². The van der Waals surface area contributed by atoms with Crippen molar-refractivity contribution in [1.82, 2.24) is 10.6 Å². The number of nitrogens with one attached hydrogen (secondary N) is 2. The normalized spacial score (nSPS) is 21.4. The molecule has 0 bridgehead atoms. The molecule has 0 spiro atoms. The number of amides is 2. The minimum atomic E-state index is -0.818. The fraction of sp³-hybridized carbons (Fsp3) is 0.556. The molecule has 3 rings (SSSR count). The predicted octanol–water partition coefficient (Wildman–Crippen LogP) is 4.95. The molecule has 0 radical (unpaired) electrons. The van der Waals surface area contributed by atoms with Gasteiger partial charge in [-0.1, -0.05) is 23.3 Å². The molecule has 7 heteroatoms. The van der Waals surface area contributed by atoms with E-state index in [2.05, 4.69) is 43.6 Å². The molecule has 3 N–H and O–H groups in total. The maximum atomic E-state index is 12.4. The van der Waals surface area contributed by atoms with Crippen LogP contribution < -0.4 is 20.1 Å². The Bertz CT molecular complexity index is 1010. The van der Waals surface area contributed by atoms with Gasteiger partial charge in [-0.15, -0.1) is 0 Å². The standard InChI is InChI=1S/C27H38N2O5/c1-16(2)9-7-10-18(5)11-8-12-27(6)23(30)14-20-22(33-26(32)29-17(3)4)13-19-21(24(20)34-27)15-28-25(19)31/h9,11,13,17,23,30H,7-8,10,12,14-15H2,1-6H3,(H,28,31)(H,29,32)/b18-11+/t23-,27+/m0/s1. The molecule has 2 amide bonds. The molecule has 186 valence electrons. The van der Waals surface area contributed by atoms with E-state index < -0.39 is 17.8 Å². The Morgan fingerprint density at radius 2 is 2.03 bits per heavy atom. The zero-order valence-corrected chi connectivity index (χ0v) is 21.2. The summed E-state index contributed by atoms with van der Waals surface area (Å²) in [5.74, 6) is 0.568.